The van der Waals surface area contributed by atoms with Crippen LogP contribution >= 0.6 is 0 Å². The highest BCUT2D eigenvalue weighted by atomic mass is 16.4. The minimum atomic E-state index is -0.907. The second-order valence-electron chi connectivity index (χ2n) is 14.5. The summed E-state index contributed by atoms with van der Waals surface area (Å²) in [5, 5.41) is 42.9. The smallest absolute Gasteiger partial charge is 0.310 e. The third-order valence-electron chi connectivity index (χ3n) is 13.5. The summed E-state index contributed by atoms with van der Waals surface area (Å²) in [5.74, 6) is 0.828. The van der Waals surface area contributed by atoms with Gasteiger partial charge in [-0.05, 0) is 97.2 Å². The normalized spacial score (nSPS) is 57.7. The number of allylic oxidation sites excluding steroid dienone is 2. The van der Waals surface area contributed by atoms with Crippen molar-refractivity contribution in [3.05, 3.63) is 11.6 Å². The highest BCUT2D eigenvalue weighted by molar-refractivity contribution is 5.76. The molecule has 35 heavy (non-hydrogen) atoms. The largest absolute Gasteiger partial charge is 0.481 e. The maximum Gasteiger partial charge on any atom is 0.310 e. The van der Waals surface area contributed by atoms with Gasteiger partial charge in [0.05, 0.1) is 24.2 Å². The van der Waals surface area contributed by atoms with E-state index in [2.05, 4.69) is 40.7 Å². The molecule has 198 valence electrons. The van der Waals surface area contributed by atoms with Crippen molar-refractivity contribution >= 4 is 5.97 Å². The van der Waals surface area contributed by atoms with Crippen molar-refractivity contribution in [3.63, 3.8) is 0 Å². The Kier molecular flexibility index (Phi) is 5.73. The quantitative estimate of drug-likeness (QED) is 0.409. The van der Waals surface area contributed by atoms with Crippen molar-refractivity contribution in [2.45, 2.75) is 105 Å². The third kappa shape index (κ3) is 2.95. The molecule has 4 fully saturated rings. The Labute approximate surface area is 211 Å². The second-order valence-corrected chi connectivity index (χ2v) is 14.5. The van der Waals surface area contributed by atoms with Gasteiger partial charge in [0.1, 0.15) is 0 Å². The molecule has 5 aliphatic carbocycles. The van der Waals surface area contributed by atoms with Crippen LogP contribution in [0, 0.1) is 56.7 Å². The molecule has 5 nitrogen and oxygen atoms in total. The fourth-order valence-electron chi connectivity index (χ4n) is 11.0. The van der Waals surface area contributed by atoms with E-state index in [1.165, 1.54) is 5.57 Å². The maximum atomic E-state index is 12.8. The number of aliphatic carboxylic acids is 1. The molecule has 5 heteroatoms. The molecular formula is C30H48O5. The minimum absolute atomic E-state index is 0.00815. The highest BCUT2D eigenvalue weighted by Crippen LogP contribution is 2.75. The molecule has 4 N–H and O–H groups in total. The lowest BCUT2D eigenvalue weighted by molar-refractivity contribution is -0.244. The van der Waals surface area contributed by atoms with E-state index in [0.29, 0.717) is 24.2 Å². The molecule has 0 aromatic rings. The monoisotopic (exact) mass is 488 g/mol. The fourth-order valence-corrected chi connectivity index (χ4v) is 11.0. The van der Waals surface area contributed by atoms with Crippen LogP contribution in [0.25, 0.3) is 0 Å². The van der Waals surface area contributed by atoms with Gasteiger partial charge in [-0.25, -0.2) is 0 Å². The zero-order valence-electron chi connectivity index (χ0n) is 22.7. The zero-order chi connectivity index (χ0) is 25.8. The van der Waals surface area contributed by atoms with E-state index in [-0.39, 0.29) is 34.7 Å². The summed E-state index contributed by atoms with van der Waals surface area (Å²) < 4.78 is 0. The Morgan fingerprint density at radius 2 is 1.69 bits per heavy atom. The van der Waals surface area contributed by atoms with Crippen LogP contribution in [-0.2, 0) is 4.79 Å². The number of rotatable bonds is 2. The van der Waals surface area contributed by atoms with Gasteiger partial charge in [0.15, 0.2) is 0 Å². The van der Waals surface area contributed by atoms with Gasteiger partial charge in [0.25, 0.3) is 0 Å². The average molecular weight is 489 g/mol. The van der Waals surface area contributed by atoms with E-state index in [1.54, 1.807) is 0 Å². The van der Waals surface area contributed by atoms with Crippen molar-refractivity contribution in [1.82, 2.24) is 0 Å². The van der Waals surface area contributed by atoms with Crippen molar-refractivity contribution in [1.29, 1.82) is 0 Å². The Bertz CT molecular complexity index is 930. The van der Waals surface area contributed by atoms with Gasteiger partial charge < -0.3 is 20.4 Å². The molecule has 0 aromatic carbocycles. The SMILES string of the molecule is C[C@@H]1CC[C@]2(C(=O)O)CC[C@]3(C)C(=CCC4[C@@]5(C)C[C@@H](O)[C@H](O)[C@](C)(CO)C5CC[C@]43C)C2[C@H]1C. The molecule has 0 amide bonds. The molecule has 5 rings (SSSR count). The number of aliphatic hydroxyl groups excluding tert-OH is 3. The van der Waals surface area contributed by atoms with Crippen LogP contribution < -0.4 is 0 Å². The lowest BCUT2D eigenvalue weighted by atomic mass is 9.33. The summed E-state index contributed by atoms with van der Waals surface area (Å²) in [6.45, 7) is 13.6. The van der Waals surface area contributed by atoms with Crippen LogP contribution in [-0.4, -0.2) is 45.2 Å². The fraction of sp³-hybridized carbons (Fsp3) is 0.900. The summed E-state index contributed by atoms with van der Waals surface area (Å²) in [6, 6.07) is 0. The van der Waals surface area contributed by atoms with Crippen molar-refractivity contribution in [2.75, 3.05) is 6.61 Å². The van der Waals surface area contributed by atoms with Gasteiger partial charge in [-0.3, -0.25) is 4.79 Å². The molecule has 0 saturated heterocycles. The molecule has 0 heterocycles. The second kappa shape index (κ2) is 7.80. The van der Waals surface area contributed by atoms with E-state index in [1.807, 2.05) is 6.92 Å². The number of carboxylic acids is 1. The number of hydrogen-bond donors (Lipinski definition) is 4. The van der Waals surface area contributed by atoms with Crippen LogP contribution in [0.1, 0.15) is 92.9 Å². The first-order valence-electron chi connectivity index (χ1n) is 14.1. The molecule has 3 unspecified atom stereocenters. The van der Waals surface area contributed by atoms with Crippen LogP contribution in [0.2, 0.25) is 0 Å². The van der Waals surface area contributed by atoms with Crippen LogP contribution in [0.3, 0.4) is 0 Å². The number of carbonyl (C=O) groups is 1. The number of hydrogen-bond acceptors (Lipinski definition) is 4. The van der Waals surface area contributed by atoms with Gasteiger partial charge in [0.2, 0.25) is 0 Å². The number of fused-ring (bicyclic) bond motifs is 7. The first-order chi connectivity index (χ1) is 16.2. The molecule has 0 aliphatic heterocycles. The molecule has 0 aromatic heterocycles. The summed E-state index contributed by atoms with van der Waals surface area (Å²) in [6.07, 6.45) is 7.51. The Morgan fingerprint density at radius 1 is 1.00 bits per heavy atom. The number of aliphatic hydroxyl groups is 3. The Hall–Kier alpha value is -0.910. The Balaban J connectivity index is 1.62. The van der Waals surface area contributed by atoms with Crippen LogP contribution in [0.4, 0.5) is 0 Å². The molecular weight excluding hydrogens is 440 g/mol. The number of carboxylic acid groups (broad SMARTS) is 1. The van der Waals surface area contributed by atoms with Gasteiger partial charge >= 0.3 is 5.97 Å². The van der Waals surface area contributed by atoms with E-state index < -0.39 is 29.0 Å². The van der Waals surface area contributed by atoms with E-state index >= 15 is 0 Å². The van der Waals surface area contributed by atoms with E-state index in [0.717, 1.165) is 44.9 Å². The van der Waals surface area contributed by atoms with Crippen LogP contribution in [0.5, 0.6) is 0 Å². The minimum Gasteiger partial charge on any atom is -0.481 e. The molecule has 4 saturated carbocycles. The molecule has 0 spiro atoms. The van der Waals surface area contributed by atoms with Crippen molar-refractivity contribution in [2.24, 2.45) is 56.7 Å². The lowest BCUT2D eigenvalue weighted by Gasteiger charge is -2.71. The molecule has 5 aliphatic rings. The first kappa shape index (κ1) is 25.7. The Morgan fingerprint density at radius 3 is 2.31 bits per heavy atom. The van der Waals surface area contributed by atoms with E-state index in [9.17, 15) is 25.2 Å². The average Bonchev–Trinajstić information content (AvgIpc) is 2.80. The van der Waals surface area contributed by atoms with Gasteiger partial charge in [-0.15, -0.1) is 0 Å². The molecule has 12 atom stereocenters. The third-order valence-corrected chi connectivity index (χ3v) is 13.5. The van der Waals surface area contributed by atoms with Crippen molar-refractivity contribution < 1.29 is 25.2 Å². The standard InChI is InChI=1S/C30H48O5/c1-17-9-12-30(25(34)35)14-13-28(5)19(23(30)18(17)2)7-8-22-26(3)15-20(32)24(33)27(4,16-31)21(26)10-11-29(22,28)6/h7,17-18,20-24,31-33H,8-16H2,1-6H3,(H,34,35)/t17-,18+,20-,21?,22?,23?,24+,26+,27-,28-,29-,30+/m1/s1. The maximum absolute atomic E-state index is 12.8. The van der Waals surface area contributed by atoms with Crippen LogP contribution in [0.15, 0.2) is 11.6 Å². The summed E-state index contributed by atoms with van der Waals surface area (Å²) in [5.41, 5.74) is -0.214. The molecule has 0 bridgehead atoms. The molecule has 0 radical (unpaired) electrons. The van der Waals surface area contributed by atoms with Gasteiger partial charge in [-0.1, -0.05) is 53.2 Å². The topological polar surface area (TPSA) is 98.0 Å². The zero-order valence-corrected chi connectivity index (χ0v) is 22.7. The lowest BCUT2D eigenvalue weighted by Crippen LogP contribution is -2.68. The summed E-state index contributed by atoms with van der Waals surface area (Å²) in [7, 11) is 0. The predicted octanol–water partition coefficient (Wildman–Crippen LogP) is 5.03. The first-order valence-corrected chi connectivity index (χ1v) is 14.1. The highest BCUT2D eigenvalue weighted by Gasteiger charge is 2.70. The van der Waals surface area contributed by atoms with Gasteiger partial charge in [0, 0.05) is 5.41 Å². The van der Waals surface area contributed by atoms with Crippen molar-refractivity contribution in [3.8, 4) is 0 Å². The summed E-state index contributed by atoms with van der Waals surface area (Å²) in [4.78, 5) is 12.8. The van der Waals surface area contributed by atoms with Gasteiger partial charge in [-0.2, -0.15) is 0 Å². The summed E-state index contributed by atoms with van der Waals surface area (Å²) >= 11 is 0. The predicted molar refractivity (Wildman–Crippen MR) is 135 cm³/mol. The van der Waals surface area contributed by atoms with E-state index in [4.69, 9.17) is 0 Å².